The Balaban J connectivity index is 2.29. The number of nitrogens with two attached hydrogens (primary N) is 2. The van der Waals surface area contributed by atoms with Gasteiger partial charge in [0.25, 0.3) is 0 Å². The van der Waals surface area contributed by atoms with E-state index < -0.39 is 5.91 Å². The smallest absolute Gasteiger partial charge is 0.248 e. The van der Waals surface area contributed by atoms with E-state index in [0.717, 1.165) is 5.56 Å². The van der Waals surface area contributed by atoms with E-state index in [4.69, 9.17) is 16.2 Å². The number of anilines is 2. The average molecular weight is 287 g/mol. The molecule has 0 bridgehead atoms. The fourth-order valence-corrected chi connectivity index (χ4v) is 1.77. The van der Waals surface area contributed by atoms with Crippen LogP contribution >= 0.6 is 0 Å². The highest BCUT2D eigenvalue weighted by Crippen LogP contribution is 2.21. The average Bonchev–Trinajstić information content (AvgIpc) is 2.49. The number of ether oxygens (including phenoxy) is 1. The minimum Gasteiger partial charge on any atom is -0.383 e. The molecule has 0 saturated carbocycles. The van der Waals surface area contributed by atoms with E-state index in [1.807, 2.05) is 6.07 Å². The minimum atomic E-state index is -0.487. The molecule has 0 spiro atoms. The van der Waals surface area contributed by atoms with Crippen LogP contribution in [0.3, 0.4) is 0 Å². The van der Waals surface area contributed by atoms with Crippen molar-refractivity contribution >= 4 is 17.5 Å². The van der Waals surface area contributed by atoms with Crippen molar-refractivity contribution in [3.05, 3.63) is 36.0 Å². The molecule has 5 N–H and O–H groups in total. The van der Waals surface area contributed by atoms with Crippen LogP contribution in [-0.4, -0.2) is 36.1 Å². The van der Waals surface area contributed by atoms with E-state index in [1.165, 1.54) is 0 Å². The van der Waals surface area contributed by atoms with Crippen LogP contribution in [0.15, 0.2) is 30.5 Å². The SMILES string of the molecule is COCCNc1nc(-c2cccc(C(N)=O)c2)cnc1N. The number of nitrogen functional groups attached to an aromatic ring is 1. The summed E-state index contributed by atoms with van der Waals surface area (Å²) in [4.78, 5) is 19.7. The van der Waals surface area contributed by atoms with Gasteiger partial charge in [-0.3, -0.25) is 4.79 Å². The number of nitrogens with zero attached hydrogens (tertiary/aromatic N) is 2. The predicted octanol–water partition coefficient (Wildman–Crippen LogP) is 0.883. The molecule has 1 aromatic carbocycles. The fraction of sp³-hybridized carbons (Fsp3) is 0.214. The number of primary amides is 1. The number of methoxy groups -OCH3 is 1. The first-order chi connectivity index (χ1) is 10.1. The van der Waals surface area contributed by atoms with Crippen LogP contribution < -0.4 is 16.8 Å². The molecule has 0 radical (unpaired) electrons. The van der Waals surface area contributed by atoms with Crippen LogP contribution in [0.4, 0.5) is 11.6 Å². The lowest BCUT2D eigenvalue weighted by Crippen LogP contribution is -2.12. The van der Waals surface area contributed by atoms with Crippen LogP contribution in [0.25, 0.3) is 11.3 Å². The number of carbonyl (C=O) groups is 1. The first kappa shape index (κ1) is 14.7. The molecule has 7 heteroatoms. The second-order valence-corrected chi connectivity index (χ2v) is 4.35. The summed E-state index contributed by atoms with van der Waals surface area (Å²) < 4.78 is 4.96. The maximum absolute atomic E-state index is 11.2. The van der Waals surface area contributed by atoms with Crippen molar-refractivity contribution in [3.63, 3.8) is 0 Å². The van der Waals surface area contributed by atoms with Crippen LogP contribution in [0.1, 0.15) is 10.4 Å². The summed E-state index contributed by atoms with van der Waals surface area (Å²) in [6.07, 6.45) is 1.55. The lowest BCUT2D eigenvalue weighted by Gasteiger charge is -2.09. The number of carbonyl (C=O) groups excluding carboxylic acids is 1. The summed E-state index contributed by atoms with van der Waals surface area (Å²) in [5.74, 6) is 0.300. The Bertz CT molecular complexity index is 645. The standard InChI is InChI=1S/C14H17N5O2/c1-21-6-5-17-14-12(15)18-8-11(19-14)9-3-2-4-10(7-9)13(16)20/h2-4,7-8H,5-6H2,1H3,(H2,15,18)(H2,16,20)(H,17,19). The third-order valence-corrected chi connectivity index (χ3v) is 2.84. The minimum absolute atomic E-state index is 0.306. The molecule has 0 fully saturated rings. The molecule has 7 nitrogen and oxygen atoms in total. The highest BCUT2D eigenvalue weighted by atomic mass is 16.5. The zero-order valence-electron chi connectivity index (χ0n) is 11.7. The van der Waals surface area contributed by atoms with Crippen molar-refractivity contribution < 1.29 is 9.53 Å². The van der Waals surface area contributed by atoms with Gasteiger partial charge in [-0.05, 0) is 12.1 Å². The highest BCUT2D eigenvalue weighted by molar-refractivity contribution is 5.94. The number of hydrogen-bond acceptors (Lipinski definition) is 6. The summed E-state index contributed by atoms with van der Waals surface area (Å²) in [5.41, 5.74) is 12.8. The van der Waals surface area contributed by atoms with Gasteiger partial charge in [-0.2, -0.15) is 0 Å². The molecule has 0 atom stereocenters. The molecule has 1 aromatic heterocycles. The van der Waals surface area contributed by atoms with Crippen LogP contribution in [0, 0.1) is 0 Å². The Hall–Kier alpha value is -2.67. The van der Waals surface area contributed by atoms with E-state index in [2.05, 4.69) is 15.3 Å². The second-order valence-electron chi connectivity index (χ2n) is 4.35. The number of hydrogen-bond donors (Lipinski definition) is 3. The van der Waals surface area contributed by atoms with Crippen molar-refractivity contribution in [1.82, 2.24) is 9.97 Å². The Kier molecular flexibility index (Phi) is 4.68. The molecule has 110 valence electrons. The number of nitrogens with one attached hydrogen (secondary N) is 1. The lowest BCUT2D eigenvalue weighted by atomic mass is 10.1. The maximum atomic E-state index is 11.2. The zero-order valence-corrected chi connectivity index (χ0v) is 11.7. The summed E-state index contributed by atoms with van der Waals surface area (Å²) >= 11 is 0. The van der Waals surface area contributed by atoms with Gasteiger partial charge < -0.3 is 21.5 Å². The van der Waals surface area contributed by atoms with Crippen LogP contribution in [0.2, 0.25) is 0 Å². The molecule has 21 heavy (non-hydrogen) atoms. The Morgan fingerprint density at radius 1 is 1.43 bits per heavy atom. The Labute approximate surface area is 122 Å². The van der Waals surface area contributed by atoms with Gasteiger partial charge in [0.1, 0.15) is 0 Å². The van der Waals surface area contributed by atoms with Gasteiger partial charge in [-0.25, -0.2) is 9.97 Å². The van der Waals surface area contributed by atoms with Gasteiger partial charge in [0, 0.05) is 24.8 Å². The van der Waals surface area contributed by atoms with Gasteiger partial charge in [-0.1, -0.05) is 12.1 Å². The van der Waals surface area contributed by atoms with E-state index >= 15 is 0 Å². The van der Waals surface area contributed by atoms with Crippen molar-refractivity contribution in [1.29, 1.82) is 0 Å². The Morgan fingerprint density at radius 2 is 2.24 bits per heavy atom. The van der Waals surface area contributed by atoms with Crippen LogP contribution in [-0.2, 0) is 4.74 Å². The molecular formula is C14H17N5O2. The maximum Gasteiger partial charge on any atom is 0.248 e. The van der Waals surface area contributed by atoms with Crippen molar-refractivity contribution in [2.24, 2.45) is 5.73 Å². The van der Waals surface area contributed by atoms with Gasteiger partial charge in [0.05, 0.1) is 18.5 Å². The monoisotopic (exact) mass is 287 g/mol. The van der Waals surface area contributed by atoms with E-state index in [0.29, 0.717) is 36.0 Å². The molecule has 2 rings (SSSR count). The number of benzene rings is 1. The molecular weight excluding hydrogens is 270 g/mol. The van der Waals surface area contributed by atoms with Crippen LogP contribution in [0.5, 0.6) is 0 Å². The molecule has 2 aromatic rings. The zero-order chi connectivity index (χ0) is 15.2. The topological polar surface area (TPSA) is 116 Å². The third kappa shape index (κ3) is 3.67. The van der Waals surface area contributed by atoms with Gasteiger partial charge in [0.15, 0.2) is 11.6 Å². The Morgan fingerprint density at radius 3 is 2.95 bits per heavy atom. The molecule has 0 aliphatic heterocycles. The first-order valence-electron chi connectivity index (χ1n) is 6.37. The van der Waals surface area contributed by atoms with Gasteiger partial charge in [-0.15, -0.1) is 0 Å². The molecule has 0 unspecified atom stereocenters. The molecule has 0 aliphatic rings. The summed E-state index contributed by atoms with van der Waals surface area (Å²) in [6, 6.07) is 6.88. The first-order valence-corrected chi connectivity index (χ1v) is 6.37. The summed E-state index contributed by atoms with van der Waals surface area (Å²) in [6.45, 7) is 1.10. The van der Waals surface area contributed by atoms with Crippen molar-refractivity contribution in [2.75, 3.05) is 31.3 Å². The fourth-order valence-electron chi connectivity index (χ4n) is 1.77. The highest BCUT2D eigenvalue weighted by Gasteiger charge is 2.08. The van der Waals surface area contributed by atoms with Gasteiger partial charge >= 0.3 is 0 Å². The normalized spacial score (nSPS) is 10.3. The second kappa shape index (κ2) is 6.67. The quantitative estimate of drug-likeness (QED) is 0.679. The van der Waals surface area contributed by atoms with Gasteiger partial charge in [0.2, 0.25) is 5.91 Å². The number of rotatable bonds is 6. The van der Waals surface area contributed by atoms with Crippen molar-refractivity contribution in [3.8, 4) is 11.3 Å². The lowest BCUT2D eigenvalue weighted by molar-refractivity contribution is 0.100. The van der Waals surface area contributed by atoms with E-state index in [9.17, 15) is 4.79 Å². The summed E-state index contributed by atoms with van der Waals surface area (Å²) in [5, 5.41) is 3.05. The predicted molar refractivity (Wildman–Crippen MR) is 80.8 cm³/mol. The number of aromatic nitrogens is 2. The van der Waals surface area contributed by atoms with E-state index in [-0.39, 0.29) is 0 Å². The van der Waals surface area contributed by atoms with E-state index in [1.54, 1.807) is 31.5 Å². The molecule has 1 amide bonds. The summed E-state index contributed by atoms with van der Waals surface area (Å²) in [7, 11) is 1.61. The molecule has 0 aliphatic carbocycles. The van der Waals surface area contributed by atoms with Crippen molar-refractivity contribution in [2.45, 2.75) is 0 Å². The molecule has 1 heterocycles. The molecule has 0 saturated heterocycles. The number of amides is 1. The largest absolute Gasteiger partial charge is 0.383 e. The third-order valence-electron chi connectivity index (χ3n) is 2.84.